The molecule has 0 radical (unpaired) electrons. The van der Waals surface area contributed by atoms with E-state index in [0.717, 1.165) is 114 Å². The molecule has 0 aromatic heterocycles. The molecule has 0 amide bonds. The first-order valence-corrected chi connectivity index (χ1v) is 36.7. The Morgan fingerprint density at radius 2 is 1.63 bits per heavy atom. The predicted octanol–water partition coefficient (Wildman–Crippen LogP) is 16.1. The lowest BCUT2D eigenvalue weighted by Crippen LogP contribution is -2.69. The Balaban J connectivity index is 0.927. The zero-order chi connectivity index (χ0) is 62.3. The highest BCUT2D eigenvalue weighted by molar-refractivity contribution is 5.78. The molecule has 3 spiro atoms. The van der Waals surface area contributed by atoms with Gasteiger partial charge in [0.05, 0.1) is 30.2 Å². The van der Waals surface area contributed by atoms with E-state index in [1.165, 1.54) is 101 Å². The van der Waals surface area contributed by atoms with Gasteiger partial charge in [0.15, 0.2) is 0 Å². The van der Waals surface area contributed by atoms with Crippen molar-refractivity contribution in [2.45, 2.75) is 200 Å². The quantitative estimate of drug-likeness (QED) is 0.103. The Morgan fingerprint density at radius 3 is 2.43 bits per heavy atom. The number of aliphatic hydroxyl groups is 3. The molecule has 480 valence electrons. The second-order valence-electron chi connectivity index (χ2n) is 33.2. The number of aliphatic hydroxyl groups excluding tert-OH is 3. The third kappa shape index (κ3) is 8.85. The first kappa shape index (κ1) is 60.3. The summed E-state index contributed by atoms with van der Waals surface area (Å²) in [6, 6.07) is 29.8. The van der Waals surface area contributed by atoms with Gasteiger partial charge in [-0.2, -0.15) is 0 Å². The number of fused-ring (bicyclic) bond motifs is 3. The molecule has 91 heavy (non-hydrogen) atoms. The standard InChI is InChI=1S/C84H104N2O5/c1-53(2)43-62-31-36-78(3)73(88)35-40-82-68-32-37-79(4)83-41-34-67-69(33-39-80(67)38-30-55(47-80)25-24-54-15-7-5-8-16-54)84(79,50-74(83)89)72(68)49-81(62,77(78)82)48-66-65(64-22-12-11-20-59(64)46-71(66)82)45-56-17-13-21-58(44-56)60-27-29-75(86-51-60)85-42-14-23-63(57-18-9-6-10-19-57)61(52-87)26-28-70(83)76(90)91/h5,7-8,11-13,15-17,20-22,27,29,31,34,41,44,46,48,52-53,55,57,63,67,69-71,73-74,77,85-89H,6,9-10,14,18-19,23-26,28,30,32-33,35-40,42-43,45,47,49-51H2,1-4H3,(H,90,91). The van der Waals surface area contributed by atoms with E-state index >= 15 is 4.79 Å². The van der Waals surface area contributed by atoms with Crippen molar-refractivity contribution < 1.29 is 25.2 Å². The lowest BCUT2D eigenvalue weighted by molar-refractivity contribution is -0.171. The van der Waals surface area contributed by atoms with Crippen LogP contribution in [0.1, 0.15) is 192 Å². The molecule has 20 rings (SSSR count). The molecule has 14 bridgehead atoms. The van der Waals surface area contributed by atoms with E-state index in [0.29, 0.717) is 37.0 Å². The number of aryl methyl sites for hydroxylation is 1. The Hall–Kier alpha value is -5.63. The summed E-state index contributed by atoms with van der Waals surface area (Å²) in [5.41, 5.74) is 11.0. The lowest BCUT2D eigenvalue weighted by Gasteiger charge is -2.74. The van der Waals surface area contributed by atoms with E-state index in [1.807, 2.05) is 0 Å². The van der Waals surface area contributed by atoms with E-state index in [-0.39, 0.29) is 45.8 Å². The average molecular weight is 1220 g/mol. The number of hydrogen-bond acceptors (Lipinski definition) is 6. The minimum atomic E-state index is -1.05. The number of benzene rings is 3. The molecule has 11 aliphatic carbocycles. The van der Waals surface area contributed by atoms with Crippen LogP contribution in [0.3, 0.4) is 0 Å². The summed E-state index contributed by atoms with van der Waals surface area (Å²) < 4.78 is 0. The van der Waals surface area contributed by atoms with Crippen molar-refractivity contribution >= 4 is 23.2 Å². The molecule has 3 aromatic rings. The summed E-state index contributed by atoms with van der Waals surface area (Å²) in [5, 5.41) is 61.5. The van der Waals surface area contributed by atoms with E-state index in [2.05, 4.69) is 160 Å². The monoisotopic (exact) mass is 1220 g/mol. The SMILES string of the molecule is CC(C)CC1=CCC2(C)C(O)CCC34C5=C6CC1(C=C1C(=c7ccccc7=CC13)Cc1cccc(c1)C1=CC=C(NCCCC(C3CCCCC3)C(=CO)CCC(C(=O)O)C37C=CC8C(CCC89CCC(CCc8ccccc8)C9)C6(CC3O)C7(C)CC5)NC1)C24. The van der Waals surface area contributed by atoms with Crippen LogP contribution in [0, 0.1) is 91.2 Å². The van der Waals surface area contributed by atoms with Crippen LogP contribution in [0.5, 0.6) is 0 Å². The van der Waals surface area contributed by atoms with E-state index in [4.69, 9.17) is 0 Å². The predicted molar refractivity (Wildman–Crippen MR) is 366 cm³/mol. The van der Waals surface area contributed by atoms with E-state index in [9.17, 15) is 20.4 Å². The third-order valence-electron chi connectivity index (χ3n) is 29.2. The van der Waals surface area contributed by atoms with Gasteiger partial charge in [0.2, 0.25) is 0 Å². The molecule has 6 heterocycles. The Labute approximate surface area is 543 Å². The van der Waals surface area contributed by atoms with Crippen molar-refractivity contribution in [2.75, 3.05) is 13.1 Å². The van der Waals surface area contributed by atoms with Crippen molar-refractivity contribution in [3.63, 3.8) is 0 Å². The number of carboxylic acid groups (broad SMARTS) is 1. The van der Waals surface area contributed by atoms with Crippen LogP contribution in [0.4, 0.5) is 0 Å². The van der Waals surface area contributed by atoms with Gasteiger partial charge < -0.3 is 31.1 Å². The number of carboxylic acids is 1. The highest BCUT2D eigenvalue weighted by Gasteiger charge is 2.81. The zero-order valence-electron chi connectivity index (χ0n) is 55.3. The van der Waals surface area contributed by atoms with Gasteiger partial charge in [0.1, 0.15) is 0 Å². The van der Waals surface area contributed by atoms with Gasteiger partial charge in [-0.05, 0) is 249 Å². The number of aliphatic carboxylic acids is 1. The van der Waals surface area contributed by atoms with Crippen LogP contribution in [0.2, 0.25) is 0 Å². The first-order chi connectivity index (χ1) is 44.1. The van der Waals surface area contributed by atoms with Crippen LogP contribution in [-0.2, 0) is 17.6 Å². The van der Waals surface area contributed by atoms with Crippen molar-refractivity contribution in [1.82, 2.24) is 10.6 Å². The number of rotatable bonds is 7. The van der Waals surface area contributed by atoms with Gasteiger partial charge in [0.25, 0.3) is 0 Å². The Morgan fingerprint density at radius 1 is 0.802 bits per heavy atom. The van der Waals surface area contributed by atoms with Gasteiger partial charge in [-0.15, -0.1) is 0 Å². The number of dihydropyridines is 1. The molecule has 7 heteroatoms. The van der Waals surface area contributed by atoms with E-state index < -0.39 is 45.8 Å². The molecular weight excluding hydrogens is 1120 g/mol. The van der Waals surface area contributed by atoms with Crippen LogP contribution in [0.25, 0.3) is 17.2 Å². The van der Waals surface area contributed by atoms with Crippen molar-refractivity contribution in [3.05, 3.63) is 182 Å². The van der Waals surface area contributed by atoms with Gasteiger partial charge >= 0.3 is 5.97 Å². The molecule has 17 aliphatic rings. The summed E-state index contributed by atoms with van der Waals surface area (Å²) in [6.45, 7) is 11.4. The molecule has 6 N–H and O–H groups in total. The normalized spacial score (nSPS) is 41.0. The average Bonchev–Trinajstić information content (AvgIpc) is 1.62. The molecule has 16 unspecified atom stereocenters. The third-order valence-corrected chi connectivity index (χ3v) is 29.2. The van der Waals surface area contributed by atoms with Crippen molar-refractivity contribution in [3.8, 4) is 0 Å². The molecular formula is C84H104N2O5. The number of hydrogen-bond donors (Lipinski definition) is 6. The molecule has 3 aromatic carbocycles. The van der Waals surface area contributed by atoms with Crippen molar-refractivity contribution in [2.24, 2.45) is 91.2 Å². The smallest absolute Gasteiger partial charge is 0.307 e. The van der Waals surface area contributed by atoms with Crippen molar-refractivity contribution in [1.29, 1.82) is 0 Å². The molecule has 5 saturated carbocycles. The molecule has 5 fully saturated rings. The Bertz CT molecular complexity index is 3760. The molecule has 16 atom stereocenters. The van der Waals surface area contributed by atoms with Crippen LogP contribution in [-0.4, -0.2) is 51.7 Å². The maximum Gasteiger partial charge on any atom is 0.307 e. The van der Waals surface area contributed by atoms with Crippen LogP contribution < -0.4 is 21.1 Å². The van der Waals surface area contributed by atoms with Gasteiger partial charge in [-0.25, -0.2) is 0 Å². The highest BCUT2D eigenvalue weighted by atomic mass is 16.4. The van der Waals surface area contributed by atoms with Crippen LogP contribution in [0.15, 0.2) is 155 Å². The zero-order valence-corrected chi connectivity index (χ0v) is 55.3. The van der Waals surface area contributed by atoms with Gasteiger partial charge in [-0.1, -0.05) is 179 Å². The van der Waals surface area contributed by atoms with Crippen LogP contribution >= 0.6 is 0 Å². The summed E-state index contributed by atoms with van der Waals surface area (Å²) in [6.07, 6.45) is 42.4. The maximum atomic E-state index is 15.2. The van der Waals surface area contributed by atoms with Gasteiger partial charge in [-0.3, -0.25) is 4.79 Å². The second-order valence-corrected chi connectivity index (χ2v) is 33.2. The summed E-state index contributed by atoms with van der Waals surface area (Å²) in [7, 11) is 0. The highest BCUT2D eigenvalue weighted by Crippen LogP contribution is 2.86. The first-order valence-electron chi connectivity index (χ1n) is 36.7. The van der Waals surface area contributed by atoms with E-state index in [1.54, 1.807) is 16.7 Å². The summed E-state index contributed by atoms with van der Waals surface area (Å²) in [4.78, 5) is 15.2. The molecule has 7 nitrogen and oxygen atoms in total. The Kier molecular flexibility index (Phi) is 14.9. The molecule has 6 aliphatic heterocycles. The summed E-state index contributed by atoms with van der Waals surface area (Å²) >= 11 is 0. The summed E-state index contributed by atoms with van der Waals surface area (Å²) in [5.74, 6) is 1.82. The minimum absolute atomic E-state index is 0.0772. The number of allylic oxidation sites excluding steroid dienone is 10. The fourth-order valence-corrected chi connectivity index (χ4v) is 25.6. The minimum Gasteiger partial charge on any atom is -0.516 e. The maximum absolute atomic E-state index is 15.2. The number of nitrogens with one attached hydrogen (secondary N) is 2. The van der Waals surface area contributed by atoms with Gasteiger partial charge in [0, 0.05) is 46.1 Å². The largest absolute Gasteiger partial charge is 0.516 e. The molecule has 0 saturated heterocycles. The fourth-order valence-electron chi connectivity index (χ4n) is 25.6. The topological polar surface area (TPSA) is 122 Å². The fraction of sp³-hybridized carbons (Fsp3) is 0.583. The lowest BCUT2D eigenvalue weighted by atomic mass is 9.29. The number of carbonyl (C=O) groups is 1. The second kappa shape index (κ2) is 22.5.